The van der Waals surface area contributed by atoms with E-state index in [-0.39, 0.29) is 11.8 Å². The van der Waals surface area contributed by atoms with Crippen molar-refractivity contribution in [2.75, 3.05) is 6.61 Å². The molecule has 3 nitrogen and oxygen atoms in total. The van der Waals surface area contributed by atoms with Gasteiger partial charge in [-0.2, -0.15) is 0 Å². The number of rotatable bonds is 8. The molecule has 29 heavy (non-hydrogen) atoms. The Morgan fingerprint density at radius 1 is 0.793 bits per heavy atom. The topological polar surface area (TPSA) is 43.4 Å². The van der Waals surface area contributed by atoms with Gasteiger partial charge in [-0.15, -0.1) is 0 Å². The second-order valence-electron chi connectivity index (χ2n) is 10.3. The SMILES string of the molecule is CCCCCC1CCC(C2CCC(C3CCC(C(=O)OCC)C(=O)C3)CC2)CC1. The maximum Gasteiger partial charge on any atom is 0.316 e. The van der Waals surface area contributed by atoms with Crippen LogP contribution < -0.4 is 0 Å². The molecule has 0 aromatic heterocycles. The van der Waals surface area contributed by atoms with E-state index in [1.54, 1.807) is 0 Å². The Labute approximate surface area is 178 Å². The van der Waals surface area contributed by atoms with Crippen LogP contribution in [0.1, 0.15) is 110 Å². The normalized spacial score (nSPS) is 36.0. The van der Waals surface area contributed by atoms with E-state index in [2.05, 4.69) is 6.92 Å². The number of ketones is 1. The average Bonchev–Trinajstić information content (AvgIpc) is 2.74. The number of carbonyl (C=O) groups is 2. The maximum atomic E-state index is 12.5. The summed E-state index contributed by atoms with van der Waals surface area (Å²) in [5, 5.41) is 0. The molecule has 2 atom stereocenters. The molecular weight excluding hydrogens is 360 g/mol. The van der Waals surface area contributed by atoms with E-state index in [1.807, 2.05) is 6.92 Å². The number of hydrogen-bond acceptors (Lipinski definition) is 3. The number of carbonyl (C=O) groups excluding carboxylic acids is 2. The molecule has 0 bridgehead atoms. The van der Waals surface area contributed by atoms with Gasteiger partial charge in [0.15, 0.2) is 0 Å². The third kappa shape index (κ3) is 6.31. The van der Waals surface area contributed by atoms with E-state index in [0.717, 1.165) is 24.2 Å². The fourth-order valence-electron chi connectivity index (χ4n) is 6.66. The van der Waals surface area contributed by atoms with Gasteiger partial charge >= 0.3 is 5.97 Å². The molecule has 0 N–H and O–H groups in total. The summed E-state index contributed by atoms with van der Waals surface area (Å²) < 4.78 is 5.09. The van der Waals surface area contributed by atoms with Crippen LogP contribution in [0.5, 0.6) is 0 Å². The molecule has 0 amide bonds. The third-order valence-electron chi connectivity index (χ3n) is 8.51. The van der Waals surface area contributed by atoms with Crippen molar-refractivity contribution in [1.29, 1.82) is 0 Å². The van der Waals surface area contributed by atoms with Gasteiger partial charge in [-0.25, -0.2) is 0 Å². The number of ether oxygens (including phenoxy) is 1. The van der Waals surface area contributed by atoms with Crippen molar-refractivity contribution in [3.63, 3.8) is 0 Å². The van der Waals surface area contributed by atoms with Crippen molar-refractivity contribution in [3.05, 3.63) is 0 Å². The molecular formula is C26H44O3. The maximum absolute atomic E-state index is 12.5. The Balaban J connectivity index is 1.37. The third-order valence-corrected chi connectivity index (χ3v) is 8.51. The second-order valence-corrected chi connectivity index (χ2v) is 10.3. The van der Waals surface area contributed by atoms with Gasteiger partial charge in [0.25, 0.3) is 0 Å². The zero-order chi connectivity index (χ0) is 20.6. The Hall–Kier alpha value is -0.860. The molecule has 3 aliphatic rings. The van der Waals surface area contributed by atoms with Crippen LogP contribution in [0.15, 0.2) is 0 Å². The number of hydrogen-bond donors (Lipinski definition) is 0. The lowest BCUT2D eigenvalue weighted by Gasteiger charge is -2.41. The first-order chi connectivity index (χ1) is 14.1. The van der Waals surface area contributed by atoms with Crippen LogP contribution in [0.2, 0.25) is 0 Å². The van der Waals surface area contributed by atoms with Crippen molar-refractivity contribution in [2.24, 2.45) is 35.5 Å². The molecule has 0 saturated heterocycles. The summed E-state index contributed by atoms with van der Waals surface area (Å²) in [6.07, 6.45) is 19.3. The van der Waals surface area contributed by atoms with Gasteiger partial charge in [0.2, 0.25) is 0 Å². The zero-order valence-electron chi connectivity index (χ0n) is 19.0. The van der Waals surface area contributed by atoms with Gasteiger partial charge in [0.1, 0.15) is 11.7 Å². The minimum atomic E-state index is -0.477. The highest BCUT2D eigenvalue weighted by atomic mass is 16.5. The van der Waals surface area contributed by atoms with Crippen LogP contribution in [-0.4, -0.2) is 18.4 Å². The first-order valence-corrected chi connectivity index (χ1v) is 12.8. The van der Waals surface area contributed by atoms with E-state index in [9.17, 15) is 9.59 Å². The summed E-state index contributed by atoms with van der Waals surface area (Å²) in [5.41, 5.74) is 0. The summed E-state index contributed by atoms with van der Waals surface area (Å²) in [4.78, 5) is 24.5. The predicted molar refractivity (Wildman–Crippen MR) is 118 cm³/mol. The Morgan fingerprint density at radius 3 is 1.90 bits per heavy atom. The summed E-state index contributed by atoms with van der Waals surface area (Å²) in [6.45, 7) is 4.48. The van der Waals surface area contributed by atoms with Gasteiger partial charge in [-0.1, -0.05) is 45.4 Å². The highest BCUT2D eigenvalue weighted by Gasteiger charge is 2.39. The summed E-state index contributed by atoms with van der Waals surface area (Å²) in [6, 6.07) is 0. The Morgan fingerprint density at radius 2 is 1.34 bits per heavy atom. The van der Waals surface area contributed by atoms with Gasteiger partial charge in [0.05, 0.1) is 6.61 Å². The van der Waals surface area contributed by atoms with Crippen molar-refractivity contribution < 1.29 is 14.3 Å². The average molecular weight is 405 g/mol. The van der Waals surface area contributed by atoms with Crippen molar-refractivity contribution in [1.82, 2.24) is 0 Å². The first kappa shape index (κ1) is 22.8. The van der Waals surface area contributed by atoms with E-state index in [4.69, 9.17) is 4.74 Å². The monoisotopic (exact) mass is 404 g/mol. The largest absolute Gasteiger partial charge is 0.465 e. The lowest BCUT2D eigenvalue weighted by atomic mass is 9.64. The van der Waals surface area contributed by atoms with Crippen LogP contribution in [0.3, 0.4) is 0 Å². The Kier molecular flexibility index (Phi) is 9.06. The molecule has 3 rings (SSSR count). The van der Waals surface area contributed by atoms with Gasteiger partial charge in [0, 0.05) is 6.42 Å². The number of esters is 1. The predicted octanol–water partition coefficient (Wildman–Crippen LogP) is 6.73. The lowest BCUT2D eigenvalue weighted by Crippen LogP contribution is -2.36. The number of Topliss-reactive ketones (excluding diaryl/α,β-unsaturated/α-hetero) is 1. The molecule has 3 heteroatoms. The van der Waals surface area contributed by atoms with Gasteiger partial charge < -0.3 is 4.74 Å². The summed E-state index contributed by atoms with van der Waals surface area (Å²) in [5.74, 6) is 3.53. The molecule has 0 aromatic carbocycles. The van der Waals surface area contributed by atoms with Gasteiger partial charge in [-0.05, 0) is 87.9 Å². The molecule has 3 aliphatic carbocycles. The van der Waals surface area contributed by atoms with Crippen LogP contribution in [0, 0.1) is 35.5 Å². The van der Waals surface area contributed by atoms with Crippen LogP contribution in [0.4, 0.5) is 0 Å². The highest BCUT2D eigenvalue weighted by Crippen LogP contribution is 2.46. The smallest absolute Gasteiger partial charge is 0.316 e. The second kappa shape index (κ2) is 11.5. The molecule has 0 aliphatic heterocycles. The number of unbranched alkanes of at least 4 members (excludes halogenated alkanes) is 2. The first-order valence-electron chi connectivity index (χ1n) is 12.8. The summed E-state index contributed by atoms with van der Waals surface area (Å²) >= 11 is 0. The molecule has 0 aromatic rings. The fraction of sp³-hybridized carbons (Fsp3) is 0.923. The molecule has 0 spiro atoms. The van der Waals surface area contributed by atoms with E-state index in [0.29, 0.717) is 31.3 Å². The summed E-state index contributed by atoms with van der Waals surface area (Å²) in [7, 11) is 0. The molecule has 3 fully saturated rings. The van der Waals surface area contributed by atoms with E-state index < -0.39 is 5.92 Å². The minimum absolute atomic E-state index is 0.142. The standard InChI is InChI=1S/C26H44O3/c1-3-5-6-7-19-8-10-20(11-9-19)21-12-14-22(15-13-21)23-16-17-24(25(27)18-23)26(28)29-4-2/h19-24H,3-18H2,1-2H3. The molecule has 166 valence electrons. The minimum Gasteiger partial charge on any atom is -0.465 e. The molecule has 2 unspecified atom stereocenters. The zero-order valence-corrected chi connectivity index (χ0v) is 19.0. The quantitative estimate of drug-likeness (QED) is 0.256. The fourth-order valence-corrected chi connectivity index (χ4v) is 6.66. The Bertz CT molecular complexity index is 512. The van der Waals surface area contributed by atoms with E-state index in [1.165, 1.54) is 77.0 Å². The van der Waals surface area contributed by atoms with Crippen LogP contribution in [-0.2, 0) is 14.3 Å². The molecule has 0 heterocycles. The lowest BCUT2D eigenvalue weighted by molar-refractivity contribution is -0.153. The van der Waals surface area contributed by atoms with Crippen molar-refractivity contribution in [3.8, 4) is 0 Å². The van der Waals surface area contributed by atoms with Crippen molar-refractivity contribution in [2.45, 2.75) is 110 Å². The van der Waals surface area contributed by atoms with E-state index >= 15 is 0 Å². The van der Waals surface area contributed by atoms with Crippen LogP contribution >= 0.6 is 0 Å². The van der Waals surface area contributed by atoms with Crippen molar-refractivity contribution >= 4 is 11.8 Å². The van der Waals surface area contributed by atoms with Gasteiger partial charge in [-0.3, -0.25) is 9.59 Å². The highest BCUT2D eigenvalue weighted by molar-refractivity contribution is 5.99. The van der Waals surface area contributed by atoms with Crippen LogP contribution in [0.25, 0.3) is 0 Å². The molecule has 0 radical (unpaired) electrons. The molecule has 3 saturated carbocycles.